The van der Waals surface area contributed by atoms with E-state index in [1.54, 1.807) is 24.5 Å². The van der Waals surface area contributed by atoms with Crippen LogP contribution in [0.25, 0.3) is 0 Å². The highest BCUT2D eigenvalue weighted by Gasteiger charge is 2.13. The first-order chi connectivity index (χ1) is 9.10. The Morgan fingerprint density at radius 1 is 1.21 bits per heavy atom. The Balaban J connectivity index is 2.23. The summed E-state index contributed by atoms with van der Waals surface area (Å²) in [5.74, 6) is -0.203. The predicted molar refractivity (Wildman–Crippen MR) is 73.4 cm³/mol. The van der Waals surface area contributed by atoms with Gasteiger partial charge in [-0.3, -0.25) is 9.97 Å². The molecule has 1 atom stereocenters. The lowest BCUT2D eigenvalue weighted by Crippen LogP contribution is -2.20. The van der Waals surface area contributed by atoms with Crippen LogP contribution >= 0.6 is 0 Å². The van der Waals surface area contributed by atoms with Crippen LogP contribution in [0.1, 0.15) is 28.6 Å². The van der Waals surface area contributed by atoms with Crippen molar-refractivity contribution in [1.29, 1.82) is 0 Å². The molecule has 4 heteroatoms. The van der Waals surface area contributed by atoms with Crippen LogP contribution in [-0.2, 0) is 6.42 Å². The van der Waals surface area contributed by atoms with Crippen molar-refractivity contribution in [1.82, 2.24) is 15.3 Å². The molecule has 0 saturated carbocycles. The first-order valence-corrected chi connectivity index (χ1v) is 6.31. The Labute approximate surface area is 112 Å². The highest BCUT2D eigenvalue weighted by molar-refractivity contribution is 5.28. The molecule has 1 unspecified atom stereocenters. The third-order valence-corrected chi connectivity index (χ3v) is 3.24. The Morgan fingerprint density at radius 3 is 2.63 bits per heavy atom. The van der Waals surface area contributed by atoms with Crippen molar-refractivity contribution >= 4 is 0 Å². The van der Waals surface area contributed by atoms with E-state index < -0.39 is 0 Å². The van der Waals surface area contributed by atoms with Crippen molar-refractivity contribution in [3.8, 4) is 0 Å². The number of benzene rings is 1. The standard InChI is InChI=1S/C15H18FN3/c1-10-4-5-13(16)6-12(10)7-14(17-3)15-9-18-11(2)8-19-15/h4-6,8-9,14,17H,7H2,1-3H3. The number of halogens is 1. The molecule has 0 radical (unpaired) electrons. The molecule has 100 valence electrons. The summed E-state index contributed by atoms with van der Waals surface area (Å²) in [6.45, 7) is 3.89. The number of nitrogens with one attached hydrogen (secondary N) is 1. The van der Waals surface area contributed by atoms with Gasteiger partial charge in [0.25, 0.3) is 0 Å². The average molecular weight is 259 g/mol. The fourth-order valence-corrected chi connectivity index (χ4v) is 2.02. The summed E-state index contributed by atoms with van der Waals surface area (Å²) in [5, 5.41) is 3.21. The minimum Gasteiger partial charge on any atom is -0.311 e. The minimum atomic E-state index is -0.203. The van der Waals surface area contributed by atoms with Crippen molar-refractivity contribution in [3.05, 3.63) is 58.9 Å². The molecule has 1 aromatic heterocycles. The lowest BCUT2D eigenvalue weighted by molar-refractivity contribution is 0.566. The number of nitrogens with zero attached hydrogens (tertiary/aromatic N) is 2. The van der Waals surface area contributed by atoms with Crippen LogP contribution in [0.5, 0.6) is 0 Å². The van der Waals surface area contributed by atoms with Crippen LogP contribution in [0.4, 0.5) is 4.39 Å². The summed E-state index contributed by atoms with van der Waals surface area (Å²) in [7, 11) is 1.88. The second-order valence-electron chi connectivity index (χ2n) is 4.70. The van der Waals surface area contributed by atoms with Gasteiger partial charge in [-0.05, 0) is 50.6 Å². The van der Waals surface area contributed by atoms with Crippen LogP contribution in [0.15, 0.2) is 30.6 Å². The van der Waals surface area contributed by atoms with Gasteiger partial charge in [0.15, 0.2) is 0 Å². The molecule has 19 heavy (non-hydrogen) atoms. The monoisotopic (exact) mass is 259 g/mol. The van der Waals surface area contributed by atoms with Gasteiger partial charge in [0.2, 0.25) is 0 Å². The summed E-state index contributed by atoms with van der Waals surface area (Å²) in [4.78, 5) is 8.63. The summed E-state index contributed by atoms with van der Waals surface area (Å²) < 4.78 is 13.3. The molecule has 0 fully saturated rings. The smallest absolute Gasteiger partial charge is 0.123 e. The lowest BCUT2D eigenvalue weighted by atomic mass is 9.99. The lowest BCUT2D eigenvalue weighted by Gasteiger charge is -2.17. The van der Waals surface area contributed by atoms with Gasteiger partial charge in [0, 0.05) is 6.20 Å². The molecule has 0 saturated heterocycles. The Morgan fingerprint density at radius 2 is 2.00 bits per heavy atom. The maximum atomic E-state index is 13.3. The van der Waals surface area contributed by atoms with E-state index in [0.29, 0.717) is 6.42 Å². The van der Waals surface area contributed by atoms with Crippen LogP contribution < -0.4 is 5.32 Å². The fraction of sp³-hybridized carbons (Fsp3) is 0.333. The van der Waals surface area contributed by atoms with Crippen molar-refractivity contribution in [2.24, 2.45) is 0 Å². The molecule has 2 rings (SSSR count). The van der Waals surface area contributed by atoms with Crippen molar-refractivity contribution in [3.63, 3.8) is 0 Å². The van der Waals surface area contributed by atoms with Gasteiger partial charge in [-0.25, -0.2) is 4.39 Å². The molecule has 0 aliphatic rings. The summed E-state index contributed by atoms with van der Waals surface area (Å²) in [6.07, 6.45) is 4.21. The average Bonchev–Trinajstić information content (AvgIpc) is 2.41. The number of aryl methyl sites for hydroxylation is 2. The molecule has 0 bridgehead atoms. The zero-order chi connectivity index (χ0) is 13.8. The van der Waals surface area contributed by atoms with Crippen LogP contribution in [0, 0.1) is 19.7 Å². The molecule has 0 aliphatic carbocycles. The van der Waals surface area contributed by atoms with E-state index in [9.17, 15) is 4.39 Å². The number of rotatable bonds is 4. The quantitative estimate of drug-likeness (QED) is 0.917. The summed E-state index contributed by atoms with van der Waals surface area (Å²) in [6, 6.07) is 4.91. The van der Waals surface area contributed by atoms with E-state index in [-0.39, 0.29) is 11.9 Å². The van der Waals surface area contributed by atoms with Gasteiger partial charge in [0.05, 0.1) is 23.6 Å². The second-order valence-corrected chi connectivity index (χ2v) is 4.70. The number of hydrogen-bond acceptors (Lipinski definition) is 3. The largest absolute Gasteiger partial charge is 0.311 e. The molecule has 1 aromatic carbocycles. The first kappa shape index (κ1) is 13.6. The molecule has 2 aromatic rings. The van der Waals surface area contributed by atoms with Crippen LogP contribution in [-0.4, -0.2) is 17.0 Å². The van der Waals surface area contributed by atoms with Crippen molar-refractivity contribution < 1.29 is 4.39 Å². The normalized spacial score (nSPS) is 12.4. The highest BCUT2D eigenvalue weighted by atomic mass is 19.1. The zero-order valence-electron chi connectivity index (χ0n) is 11.4. The maximum absolute atomic E-state index is 13.3. The van der Waals surface area contributed by atoms with E-state index in [0.717, 1.165) is 22.5 Å². The molecule has 0 amide bonds. The third kappa shape index (κ3) is 3.35. The van der Waals surface area contributed by atoms with Gasteiger partial charge in [-0.2, -0.15) is 0 Å². The number of aromatic nitrogens is 2. The Bertz CT molecular complexity index is 552. The molecule has 0 spiro atoms. The van der Waals surface area contributed by atoms with Gasteiger partial charge >= 0.3 is 0 Å². The van der Waals surface area contributed by atoms with Crippen LogP contribution in [0.2, 0.25) is 0 Å². The molecule has 1 N–H and O–H groups in total. The third-order valence-electron chi connectivity index (χ3n) is 3.24. The fourth-order valence-electron chi connectivity index (χ4n) is 2.02. The van der Waals surface area contributed by atoms with Gasteiger partial charge < -0.3 is 5.32 Å². The molecular weight excluding hydrogens is 241 g/mol. The molecule has 0 aliphatic heterocycles. The Kier molecular flexibility index (Phi) is 4.22. The molecular formula is C15H18FN3. The van der Waals surface area contributed by atoms with Crippen LogP contribution in [0.3, 0.4) is 0 Å². The SMILES string of the molecule is CNC(Cc1cc(F)ccc1C)c1cnc(C)cn1. The van der Waals surface area contributed by atoms with Gasteiger partial charge in [-0.15, -0.1) is 0 Å². The second kappa shape index (κ2) is 5.89. The number of hydrogen-bond donors (Lipinski definition) is 1. The van der Waals surface area contributed by atoms with E-state index in [2.05, 4.69) is 15.3 Å². The topological polar surface area (TPSA) is 37.8 Å². The van der Waals surface area contributed by atoms with E-state index in [1.165, 1.54) is 6.07 Å². The highest BCUT2D eigenvalue weighted by Crippen LogP contribution is 2.19. The number of likely N-dealkylation sites (N-methyl/N-ethyl adjacent to an activating group) is 1. The molecule has 1 heterocycles. The van der Waals surface area contributed by atoms with E-state index in [1.807, 2.05) is 20.9 Å². The maximum Gasteiger partial charge on any atom is 0.123 e. The van der Waals surface area contributed by atoms with Crippen molar-refractivity contribution in [2.75, 3.05) is 7.05 Å². The Hall–Kier alpha value is -1.81. The van der Waals surface area contributed by atoms with E-state index in [4.69, 9.17) is 0 Å². The van der Waals surface area contributed by atoms with Gasteiger partial charge in [0.1, 0.15) is 5.82 Å². The van der Waals surface area contributed by atoms with Crippen molar-refractivity contribution in [2.45, 2.75) is 26.3 Å². The van der Waals surface area contributed by atoms with Gasteiger partial charge in [-0.1, -0.05) is 6.07 Å². The summed E-state index contributed by atoms with van der Waals surface area (Å²) >= 11 is 0. The molecule has 3 nitrogen and oxygen atoms in total. The predicted octanol–water partition coefficient (Wildman–Crippen LogP) is 2.74. The zero-order valence-corrected chi connectivity index (χ0v) is 11.4. The first-order valence-electron chi connectivity index (χ1n) is 6.31. The van der Waals surface area contributed by atoms with E-state index >= 15 is 0 Å². The minimum absolute atomic E-state index is 0.0357. The summed E-state index contributed by atoms with van der Waals surface area (Å²) in [5.41, 5.74) is 3.83.